The second-order valence-corrected chi connectivity index (χ2v) is 6.67. The van der Waals surface area contributed by atoms with Crippen molar-refractivity contribution in [3.63, 3.8) is 0 Å². The van der Waals surface area contributed by atoms with E-state index in [2.05, 4.69) is 13.8 Å². The Hall–Kier alpha value is -0.160. The van der Waals surface area contributed by atoms with Crippen LogP contribution in [0.1, 0.15) is 46.0 Å². The van der Waals surface area contributed by atoms with E-state index in [0.717, 1.165) is 12.8 Å². The molecule has 0 radical (unpaired) electrons. The summed E-state index contributed by atoms with van der Waals surface area (Å²) in [6.45, 7) is 5.89. The fourth-order valence-corrected chi connectivity index (χ4v) is 4.17. The van der Waals surface area contributed by atoms with Crippen molar-refractivity contribution in [3.8, 4) is 0 Å². The molecule has 0 aromatic heterocycles. The minimum Gasteiger partial charge on any atom is -0.390 e. The molecule has 18 heavy (non-hydrogen) atoms. The van der Waals surface area contributed by atoms with Crippen LogP contribution in [0.25, 0.3) is 0 Å². The first-order valence-electron chi connectivity index (χ1n) is 7.38. The lowest BCUT2D eigenvalue weighted by Gasteiger charge is -2.41. The van der Waals surface area contributed by atoms with E-state index in [0.29, 0.717) is 19.1 Å². The quantitative estimate of drug-likeness (QED) is 0.747. The van der Waals surface area contributed by atoms with Crippen molar-refractivity contribution in [2.45, 2.75) is 63.4 Å². The van der Waals surface area contributed by atoms with Crippen LogP contribution in [-0.4, -0.2) is 42.4 Å². The summed E-state index contributed by atoms with van der Waals surface area (Å²) >= 11 is 0. The molecule has 4 nitrogen and oxygen atoms in total. The average molecular weight is 256 g/mol. The van der Waals surface area contributed by atoms with E-state index in [1.54, 1.807) is 0 Å². The lowest BCUT2D eigenvalue weighted by molar-refractivity contribution is -1.02. The van der Waals surface area contributed by atoms with Crippen molar-refractivity contribution in [3.05, 3.63) is 0 Å². The zero-order chi connectivity index (χ0) is 12.8. The monoisotopic (exact) mass is 256 g/mol. The van der Waals surface area contributed by atoms with Gasteiger partial charge in [-0.15, -0.1) is 0 Å². The maximum atomic E-state index is 9.86. The molecule has 0 bridgehead atoms. The van der Waals surface area contributed by atoms with Crippen molar-refractivity contribution >= 4 is 0 Å². The van der Waals surface area contributed by atoms with Crippen LogP contribution in [-0.2, 0) is 9.47 Å². The minimum atomic E-state index is -0.202. The van der Waals surface area contributed by atoms with Gasteiger partial charge in [-0.3, -0.25) is 4.90 Å². The molecular formula is C14H26NO3+. The third-order valence-electron chi connectivity index (χ3n) is 5.08. The molecule has 0 aromatic carbocycles. The van der Waals surface area contributed by atoms with Gasteiger partial charge in [-0.2, -0.15) is 0 Å². The molecule has 3 aliphatic rings. The molecule has 0 amide bonds. The van der Waals surface area contributed by atoms with E-state index in [1.165, 1.54) is 24.2 Å². The largest absolute Gasteiger partial charge is 0.390 e. The number of aliphatic hydroxyl groups is 1. The van der Waals surface area contributed by atoms with Gasteiger partial charge in [0, 0.05) is 18.8 Å². The molecular weight excluding hydrogens is 230 g/mol. The minimum absolute atomic E-state index is 0.0770. The molecule has 2 N–H and O–H groups in total. The third kappa shape index (κ3) is 1.66. The summed E-state index contributed by atoms with van der Waals surface area (Å²) in [5.74, 6) is 0.467. The summed E-state index contributed by atoms with van der Waals surface area (Å²) in [5, 5.41) is 9.86. The normalized spacial score (nSPS) is 42.7. The number of hydrogen-bond acceptors (Lipinski definition) is 3. The Kier molecular flexibility index (Phi) is 3.17. The van der Waals surface area contributed by atoms with Crippen molar-refractivity contribution in [2.24, 2.45) is 5.92 Å². The molecule has 0 aromatic rings. The van der Waals surface area contributed by atoms with Gasteiger partial charge < -0.3 is 14.6 Å². The van der Waals surface area contributed by atoms with Gasteiger partial charge in [0.05, 0.1) is 0 Å². The average Bonchev–Trinajstić information content (AvgIpc) is 2.90. The predicted octanol–water partition coefficient (Wildman–Crippen LogP) is 0.305. The Balaban J connectivity index is 1.93. The van der Waals surface area contributed by atoms with Crippen LogP contribution < -0.4 is 4.90 Å². The maximum absolute atomic E-state index is 9.86. The van der Waals surface area contributed by atoms with Crippen molar-refractivity contribution < 1.29 is 19.5 Å². The van der Waals surface area contributed by atoms with Gasteiger partial charge in [0.1, 0.15) is 19.8 Å². The highest BCUT2D eigenvalue weighted by Gasteiger charge is 2.67. The molecule has 104 valence electrons. The molecule has 2 saturated heterocycles. The van der Waals surface area contributed by atoms with Gasteiger partial charge in [-0.1, -0.05) is 20.3 Å². The summed E-state index contributed by atoms with van der Waals surface area (Å²) in [5.41, 5.74) is -0.279. The van der Waals surface area contributed by atoms with Crippen LogP contribution in [0.3, 0.4) is 0 Å². The number of aliphatic hydroxyl groups excluding tert-OH is 1. The number of quaternary nitrogens is 1. The molecule has 3 atom stereocenters. The highest BCUT2D eigenvalue weighted by molar-refractivity contribution is 4.93. The molecule has 1 spiro atoms. The number of nitrogens with one attached hydrogen (secondary N) is 1. The Morgan fingerprint density at radius 3 is 2.56 bits per heavy atom. The second kappa shape index (κ2) is 4.44. The molecule has 1 aliphatic carbocycles. The lowest BCUT2D eigenvalue weighted by Crippen LogP contribution is -3.27. The van der Waals surface area contributed by atoms with E-state index >= 15 is 0 Å². The first kappa shape index (κ1) is 12.9. The van der Waals surface area contributed by atoms with Crippen molar-refractivity contribution in [1.82, 2.24) is 0 Å². The number of rotatable bonds is 2. The highest BCUT2D eigenvalue weighted by atomic mass is 16.6. The highest BCUT2D eigenvalue weighted by Crippen LogP contribution is 2.35. The standard InChI is InChI=1S/C14H25NO3/c1-11(2)12-15-13(8-16,9-17-12)10-18-14(15)6-4-3-5-7-14/h11-12,16H,3-10H2,1-2H3/p+1/t12-,13+/m0/s1. The van der Waals surface area contributed by atoms with Gasteiger partial charge in [-0.25, -0.2) is 0 Å². The summed E-state index contributed by atoms with van der Waals surface area (Å²) in [4.78, 5) is 1.40. The Labute approximate surface area is 109 Å². The SMILES string of the molecule is CC(C)[C@@H]1OC[C@]2(CO)COC3(CCCCC3)[NH+]12. The molecule has 3 rings (SSSR count). The summed E-state index contributed by atoms with van der Waals surface area (Å²) in [6, 6.07) is 0. The summed E-state index contributed by atoms with van der Waals surface area (Å²) < 4.78 is 12.3. The van der Waals surface area contributed by atoms with Gasteiger partial charge in [0.2, 0.25) is 5.72 Å². The van der Waals surface area contributed by atoms with Crippen LogP contribution in [0.2, 0.25) is 0 Å². The topological polar surface area (TPSA) is 43.1 Å². The van der Waals surface area contributed by atoms with Crippen molar-refractivity contribution in [1.29, 1.82) is 0 Å². The number of ether oxygens (including phenoxy) is 2. The Bertz CT molecular complexity index is 314. The fourth-order valence-electron chi connectivity index (χ4n) is 4.17. The smallest absolute Gasteiger partial charge is 0.204 e. The van der Waals surface area contributed by atoms with Gasteiger partial charge >= 0.3 is 0 Å². The molecule has 2 aliphatic heterocycles. The molecule has 4 heteroatoms. The lowest BCUT2D eigenvalue weighted by atomic mass is 9.88. The second-order valence-electron chi connectivity index (χ2n) is 6.67. The van der Waals surface area contributed by atoms with E-state index in [9.17, 15) is 5.11 Å². The van der Waals surface area contributed by atoms with Crippen molar-refractivity contribution in [2.75, 3.05) is 19.8 Å². The number of fused-ring (bicyclic) bond motifs is 2. The van der Waals surface area contributed by atoms with Crippen LogP contribution >= 0.6 is 0 Å². The summed E-state index contributed by atoms with van der Waals surface area (Å²) in [7, 11) is 0. The van der Waals surface area contributed by atoms with Crippen LogP contribution in [0.15, 0.2) is 0 Å². The van der Waals surface area contributed by atoms with E-state index < -0.39 is 0 Å². The third-order valence-corrected chi connectivity index (χ3v) is 5.08. The zero-order valence-corrected chi connectivity index (χ0v) is 11.6. The van der Waals surface area contributed by atoms with E-state index in [4.69, 9.17) is 9.47 Å². The molecule has 1 saturated carbocycles. The number of hydrogen-bond donors (Lipinski definition) is 2. The van der Waals surface area contributed by atoms with Gasteiger partial charge in [0.15, 0.2) is 11.8 Å². The van der Waals surface area contributed by atoms with Gasteiger partial charge in [0.25, 0.3) is 0 Å². The first-order valence-corrected chi connectivity index (χ1v) is 7.38. The van der Waals surface area contributed by atoms with E-state index in [-0.39, 0.29) is 24.1 Å². The van der Waals surface area contributed by atoms with E-state index in [1.807, 2.05) is 0 Å². The fraction of sp³-hybridized carbons (Fsp3) is 1.00. The predicted molar refractivity (Wildman–Crippen MR) is 67.1 cm³/mol. The molecule has 2 heterocycles. The van der Waals surface area contributed by atoms with Gasteiger partial charge in [-0.05, 0) is 12.8 Å². The van der Waals surface area contributed by atoms with Crippen LogP contribution in [0, 0.1) is 5.92 Å². The first-order chi connectivity index (χ1) is 8.64. The summed E-state index contributed by atoms with van der Waals surface area (Å²) in [6.07, 6.45) is 6.23. The maximum Gasteiger partial charge on any atom is 0.204 e. The van der Waals surface area contributed by atoms with Crippen LogP contribution in [0.4, 0.5) is 0 Å². The Morgan fingerprint density at radius 2 is 1.94 bits per heavy atom. The Morgan fingerprint density at radius 1 is 1.22 bits per heavy atom. The molecule has 1 unspecified atom stereocenters. The van der Waals surface area contributed by atoms with Crippen LogP contribution in [0.5, 0.6) is 0 Å². The zero-order valence-electron chi connectivity index (χ0n) is 11.6. The molecule has 3 fully saturated rings.